The highest BCUT2D eigenvalue weighted by Crippen LogP contribution is 2.33. The minimum Gasteiger partial charge on any atom is -0.393 e. The molecule has 2 atom stereocenters. The van der Waals surface area contributed by atoms with Gasteiger partial charge in [0.25, 0.3) is 0 Å². The normalized spacial score (nSPS) is 34.5. The Hall–Kier alpha value is -0.120. The molecule has 1 rings (SSSR count). The van der Waals surface area contributed by atoms with Crippen LogP contribution in [0.2, 0.25) is 0 Å². The number of hydrogen-bond donors (Lipinski definition) is 1. The number of aliphatic hydroxyl groups is 1. The largest absolute Gasteiger partial charge is 0.393 e. The van der Waals surface area contributed by atoms with Crippen LogP contribution in [0.15, 0.2) is 0 Å². The second-order valence-electron chi connectivity index (χ2n) is 5.09. The predicted molar refractivity (Wildman–Crippen MR) is 55.3 cm³/mol. The van der Waals surface area contributed by atoms with Crippen LogP contribution in [0.5, 0.6) is 0 Å². The maximum Gasteiger partial charge on any atom is 0.0706 e. The van der Waals surface area contributed by atoms with Crippen molar-refractivity contribution in [2.24, 2.45) is 0 Å². The molecule has 1 aliphatic heterocycles. The van der Waals surface area contributed by atoms with Gasteiger partial charge in [-0.15, -0.1) is 0 Å². The first-order valence-corrected chi connectivity index (χ1v) is 5.24. The van der Waals surface area contributed by atoms with E-state index in [9.17, 15) is 5.11 Å². The molecular formula is C11H22O3. The van der Waals surface area contributed by atoms with Crippen molar-refractivity contribution in [2.75, 3.05) is 13.7 Å². The summed E-state index contributed by atoms with van der Waals surface area (Å²) >= 11 is 0. The Bertz CT molecular complexity index is 191. The lowest BCUT2D eigenvalue weighted by molar-refractivity contribution is -0.143. The molecule has 84 valence electrons. The van der Waals surface area contributed by atoms with Gasteiger partial charge in [-0.2, -0.15) is 0 Å². The first kappa shape index (κ1) is 12.0. The quantitative estimate of drug-likeness (QED) is 0.757. The Balaban J connectivity index is 2.56. The smallest absolute Gasteiger partial charge is 0.0706 e. The molecule has 1 aliphatic rings. The summed E-state index contributed by atoms with van der Waals surface area (Å²) in [5.74, 6) is 0. The van der Waals surface area contributed by atoms with Crippen molar-refractivity contribution in [1.29, 1.82) is 0 Å². The molecule has 1 saturated heterocycles. The van der Waals surface area contributed by atoms with E-state index >= 15 is 0 Å². The summed E-state index contributed by atoms with van der Waals surface area (Å²) in [6, 6.07) is 0. The zero-order valence-corrected chi connectivity index (χ0v) is 9.67. The van der Waals surface area contributed by atoms with Crippen LogP contribution in [0.25, 0.3) is 0 Å². The van der Waals surface area contributed by atoms with Gasteiger partial charge in [-0.3, -0.25) is 0 Å². The second kappa shape index (κ2) is 4.17. The molecule has 2 unspecified atom stereocenters. The van der Waals surface area contributed by atoms with E-state index in [1.54, 1.807) is 7.11 Å². The Labute approximate surface area is 86.4 Å². The molecule has 3 nitrogen and oxygen atoms in total. The van der Waals surface area contributed by atoms with Gasteiger partial charge in [-0.25, -0.2) is 0 Å². The van der Waals surface area contributed by atoms with E-state index in [4.69, 9.17) is 9.47 Å². The molecule has 0 bridgehead atoms. The molecular weight excluding hydrogens is 180 g/mol. The van der Waals surface area contributed by atoms with Gasteiger partial charge in [0.1, 0.15) is 0 Å². The zero-order chi connectivity index (χ0) is 10.8. The van der Waals surface area contributed by atoms with Crippen LogP contribution in [0.1, 0.15) is 40.0 Å². The third-order valence-corrected chi connectivity index (χ3v) is 2.92. The van der Waals surface area contributed by atoms with Crippen LogP contribution in [0.3, 0.4) is 0 Å². The fourth-order valence-corrected chi connectivity index (χ4v) is 2.20. The van der Waals surface area contributed by atoms with Gasteiger partial charge in [-0.05, 0) is 27.2 Å². The zero-order valence-electron chi connectivity index (χ0n) is 9.67. The molecule has 0 aromatic carbocycles. The lowest BCUT2D eigenvalue weighted by Crippen LogP contribution is -2.44. The van der Waals surface area contributed by atoms with Crippen LogP contribution in [0.4, 0.5) is 0 Å². The molecule has 0 aliphatic carbocycles. The lowest BCUT2D eigenvalue weighted by atomic mass is 9.84. The van der Waals surface area contributed by atoms with E-state index in [-0.39, 0.29) is 17.3 Å². The van der Waals surface area contributed by atoms with Gasteiger partial charge in [0.05, 0.1) is 17.3 Å². The summed E-state index contributed by atoms with van der Waals surface area (Å²) < 4.78 is 11.1. The number of methoxy groups -OCH3 is 1. The van der Waals surface area contributed by atoms with E-state index in [2.05, 4.69) is 6.92 Å². The Morgan fingerprint density at radius 2 is 2.21 bits per heavy atom. The topological polar surface area (TPSA) is 38.7 Å². The SMILES string of the molecule is COC(C)(C)CC1(C)CC(O)CCO1. The van der Waals surface area contributed by atoms with Crippen LogP contribution in [-0.4, -0.2) is 36.1 Å². The van der Waals surface area contributed by atoms with Gasteiger partial charge < -0.3 is 14.6 Å². The van der Waals surface area contributed by atoms with E-state index < -0.39 is 0 Å². The van der Waals surface area contributed by atoms with Crippen molar-refractivity contribution >= 4 is 0 Å². The van der Waals surface area contributed by atoms with Crippen molar-refractivity contribution in [3.8, 4) is 0 Å². The number of aliphatic hydroxyl groups excluding tert-OH is 1. The van der Waals surface area contributed by atoms with Gasteiger partial charge in [0.2, 0.25) is 0 Å². The highest BCUT2D eigenvalue weighted by Gasteiger charge is 2.37. The van der Waals surface area contributed by atoms with Gasteiger partial charge in [0.15, 0.2) is 0 Å². The van der Waals surface area contributed by atoms with Gasteiger partial charge >= 0.3 is 0 Å². The fraction of sp³-hybridized carbons (Fsp3) is 1.00. The van der Waals surface area contributed by atoms with E-state index in [1.807, 2.05) is 13.8 Å². The first-order chi connectivity index (χ1) is 6.37. The number of hydrogen-bond acceptors (Lipinski definition) is 3. The van der Waals surface area contributed by atoms with Gasteiger partial charge in [-0.1, -0.05) is 0 Å². The predicted octanol–water partition coefficient (Wildman–Crippen LogP) is 1.73. The molecule has 1 fully saturated rings. The highest BCUT2D eigenvalue weighted by molar-refractivity contribution is 4.88. The fourth-order valence-electron chi connectivity index (χ4n) is 2.20. The van der Waals surface area contributed by atoms with Crippen molar-refractivity contribution in [3.63, 3.8) is 0 Å². The minimum absolute atomic E-state index is 0.189. The van der Waals surface area contributed by atoms with Crippen molar-refractivity contribution < 1.29 is 14.6 Å². The summed E-state index contributed by atoms with van der Waals surface area (Å²) in [6.07, 6.45) is 2.05. The highest BCUT2D eigenvalue weighted by atomic mass is 16.5. The van der Waals surface area contributed by atoms with E-state index in [0.717, 1.165) is 12.8 Å². The second-order valence-corrected chi connectivity index (χ2v) is 5.09. The molecule has 1 N–H and O–H groups in total. The molecule has 0 radical (unpaired) electrons. The average Bonchev–Trinajstić information content (AvgIpc) is 2.01. The lowest BCUT2D eigenvalue weighted by Gasteiger charge is -2.41. The summed E-state index contributed by atoms with van der Waals surface area (Å²) in [7, 11) is 1.71. The standard InChI is InChI=1S/C11H22O3/c1-10(2,13-4)8-11(3)7-9(12)5-6-14-11/h9,12H,5-8H2,1-4H3. The Kier molecular flexibility index (Phi) is 3.56. The van der Waals surface area contributed by atoms with E-state index in [0.29, 0.717) is 13.0 Å². The molecule has 0 aromatic heterocycles. The molecule has 0 spiro atoms. The Morgan fingerprint density at radius 3 is 2.71 bits per heavy atom. The third-order valence-electron chi connectivity index (χ3n) is 2.92. The van der Waals surface area contributed by atoms with Crippen LogP contribution in [-0.2, 0) is 9.47 Å². The maximum atomic E-state index is 9.59. The summed E-state index contributed by atoms with van der Waals surface area (Å²) in [4.78, 5) is 0. The van der Waals surface area contributed by atoms with Crippen molar-refractivity contribution in [2.45, 2.75) is 57.3 Å². The monoisotopic (exact) mass is 202 g/mol. The van der Waals surface area contributed by atoms with Gasteiger partial charge in [0, 0.05) is 26.6 Å². The maximum absolute atomic E-state index is 9.59. The molecule has 14 heavy (non-hydrogen) atoms. The van der Waals surface area contributed by atoms with Crippen molar-refractivity contribution in [1.82, 2.24) is 0 Å². The first-order valence-electron chi connectivity index (χ1n) is 5.24. The Morgan fingerprint density at radius 1 is 1.57 bits per heavy atom. The average molecular weight is 202 g/mol. The summed E-state index contributed by atoms with van der Waals surface area (Å²) in [5.41, 5.74) is -0.428. The van der Waals surface area contributed by atoms with Crippen molar-refractivity contribution in [3.05, 3.63) is 0 Å². The van der Waals surface area contributed by atoms with Crippen LogP contribution < -0.4 is 0 Å². The number of rotatable bonds is 3. The molecule has 3 heteroatoms. The summed E-state index contributed by atoms with van der Waals surface area (Å²) in [6.45, 7) is 6.79. The van der Waals surface area contributed by atoms with E-state index in [1.165, 1.54) is 0 Å². The minimum atomic E-state index is -0.239. The van der Waals surface area contributed by atoms with Crippen LogP contribution >= 0.6 is 0 Å². The molecule has 1 heterocycles. The molecule has 0 aromatic rings. The summed E-state index contributed by atoms with van der Waals surface area (Å²) in [5, 5.41) is 9.59. The van der Waals surface area contributed by atoms with Crippen LogP contribution in [0, 0.1) is 0 Å². The number of ether oxygens (including phenoxy) is 2. The molecule has 0 amide bonds. The molecule has 0 saturated carbocycles. The third kappa shape index (κ3) is 3.23.